The largest absolute Gasteiger partial charge is 0.489 e. The second kappa shape index (κ2) is 8.54. The molecule has 0 radical (unpaired) electrons. The van der Waals surface area contributed by atoms with Crippen molar-refractivity contribution in [1.29, 1.82) is 0 Å². The highest BCUT2D eigenvalue weighted by Gasteiger charge is 2.60. The molecule has 1 heterocycles. The molecule has 3 rings (SSSR count). The van der Waals surface area contributed by atoms with E-state index in [0.717, 1.165) is 5.56 Å². The predicted molar refractivity (Wildman–Crippen MR) is 112 cm³/mol. The number of hydroxylamine groups is 1. The number of piperidine rings is 1. The van der Waals surface area contributed by atoms with E-state index < -0.39 is 32.1 Å². The number of carbonyl (C=O) groups is 1. The maximum absolute atomic E-state index is 13.4. The fourth-order valence-electron chi connectivity index (χ4n) is 3.85. The molecule has 10 heteroatoms. The van der Waals surface area contributed by atoms with Gasteiger partial charge in [-0.1, -0.05) is 12.1 Å². The Morgan fingerprint density at radius 1 is 1.23 bits per heavy atom. The summed E-state index contributed by atoms with van der Waals surface area (Å²) in [5, 5.41) is 11.0. The minimum Gasteiger partial charge on any atom is -0.489 e. The quantitative estimate of drug-likeness (QED) is 0.387. The van der Waals surface area contributed by atoms with Crippen LogP contribution in [-0.2, 0) is 21.2 Å². The van der Waals surface area contributed by atoms with Crippen LogP contribution in [0.5, 0.6) is 5.75 Å². The predicted octanol–water partition coefficient (Wildman–Crippen LogP) is 1.52. The number of ether oxygens (including phenoxy) is 1. The number of nitrogens with one attached hydrogen (secondary N) is 2. The average Bonchev–Trinajstić information content (AvgIpc) is 2.74. The number of nitrogens with two attached hydrogens (primary N) is 1. The second-order valence-electron chi connectivity index (χ2n) is 8.07. The summed E-state index contributed by atoms with van der Waals surface area (Å²) in [4.78, 5) is 12.4. The number of hydrogen-bond donors (Lipinski definition) is 4. The van der Waals surface area contributed by atoms with Crippen molar-refractivity contribution >= 4 is 15.7 Å². The van der Waals surface area contributed by atoms with Crippen molar-refractivity contribution in [3.63, 3.8) is 0 Å². The monoisotopic (exact) mass is 451 g/mol. The van der Waals surface area contributed by atoms with E-state index in [2.05, 4.69) is 5.32 Å². The first kappa shape index (κ1) is 23.1. The van der Waals surface area contributed by atoms with E-state index >= 15 is 0 Å². The third-order valence-corrected chi connectivity index (χ3v) is 8.12. The van der Waals surface area contributed by atoms with Crippen LogP contribution in [-0.4, -0.2) is 42.4 Å². The first-order valence-corrected chi connectivity index (χ1v) is 11.3. The van der Waals surface area contributed by atoms with Gasteiger partial charge in [0, 0.05) is 5.54 Å². The Morgan fingerprint density at radius 2 is 1.84 bits per heavy atom. The first-order chi connectivity index (χ1) is 14.5. The molecule has 0 aliphatic carbocycles. The van der Waals surface area contributed by atoms with Crippen molar-refractivity contribution in [1.82, 2.24) is 10.8 Å². The summed E-state index contributed by atoms with van der Waals surface area (Å²) in [5.74, 6) is -0.885. The normalized spacial score (nSPS) is 23.2. The summed E-state index contributed by atoms with van der Waals surface area (Å²) in [5.41, 5.74) is 5.63. The Bertz CT molecular complexity index is 1040. The van der Waals surface area contributed by atoms with Crippen LogP contribution in [0.1, 0.15) is 25.8 Å². The van der Waals surface area contributed by atoms with E-state index in [1.165, 1.54) is 41.9 Å². The summed E-state index contributed by atoms with van der Waals surface area (Å²) in [6.07, 6.45) is 0.0957. The van der Waals surface area contributed by atoms with Gasteiger partial charge >= 0.3 is 0 Å². The maximum atomic E-state index is 13.4. The maximum Gasteiger partial charge on any atom is 0.266 e. The molecule has 0 saturated carbocycles. The highest BCUT2D eigenvalue weighted by atomic mass is 32.2. The molecule has 2 unspecified atom stereocenters. The number of rotatable bonds is 6. The molecular formula is C21H26FN3O5S. The Morgan fingerprint density at radius 3 is 2.42 bits per heavy atom. The van der Waals surface area contributed by atoms with Gasteiger partial charge in [0.05, 0.1) is 10.1 Å². The number of sulfone groups is 1. The number of carbonyl (C=O) groups excluding carboxylic acids is 1. The SMILES string of the molecule is CC1(C)NCCC(S(=O)(=O)c2ccc(OCc3ccc(F)cc3)cc2)C1(N)C(=O)NO. The molecule has 31 heavy (non-hydrogen) atoms. The molecule has 0 spiro atoms. The lowest BCUT2D eigenvalue weighted by atomic mass is 9.73. The number of benzene rings is 2. The van der Waals surface area contributed by atoms with Gasteiger partial charge in [-0.05, 0) is 68.8 Å². The zero-order chi connectivity index (χ0) is 22.9. The summed E-state index contributed by atoms with van der Waals surface area (Å²) in [6, 6.07) is 11.6. The lowest BCUT2D eigenvalue weighted by molar-refractivity contribution is -0.138. The summed E-state index contributed by atoms with van der Waals surface area (Å²) in [6.45, 7) is 3.78. The van der Waals surface area contributed by atoms with Crippen molar-refractivity contribution in [2.45, 2.75) is 48.1 Å². The van der Waals surface area contributed by atoms with E-state index in [-0.39, 0.29) is 23.7 Å². The molecule has 0 aromatic heterocycles. The molecule has 1 amide bonds. The number of halogens is 1. The average molecular weight is 452 g/mol. The van der Waals surface area contributed by atoms with Gasteiger partial charge in [-0.25, -0.2) is 18.3 Å². The van der Waals surface area contributed by atoms with Crippen LogP contribution in [0.3, 0.4) is 0 Å². The summed E-state index contributed by atoms with van der Waals surface area (Å²) in [7, 11) is -4.02. The van der Waals surface area contributed by atoms with Gasteiger partial charge in [-0.3, -0.25) is 10.0 Å². The molecule has 1 aliphatic rings. The Labute approximate surface area is 180 Å². The van der Waals surface area contributed by atoms with Gasteiger partial charge in [-0.15, -0.1) is 0 Å². The number of hydrogen-bond acceptors (Lipinski definition) is 7. The number of amides is 1. The van der Waals surface area contributed by atoms with E-state index in [1.807, 2.05) is 0 Å². The Balaban J connectivity index is 1.83. The zero-order valence-corrected chi connectivity index (χ0v) is 18.1. The topological polar surface area (TPSA) is 131 Å². The summed E-state index contributed by atoms with van der Waals surface area (Å²) < 4.78 is 45.4. The van der Waals surface area contributed by atoms with Crippen LogP contribution in [0, 0.1) is 5.82 Å². The van der Waals surface area contributed by atoms with Crippen molar-refractivity contribution in [3.05, 3.63) is 59.9 Å². The lowest BCUT2D eigenvalue weighted by Crippen LogP contribution is -2.79. The summed E-state index contributed by atoms with van der Waals surface area (Å²) >= 11 is 0. The van der Waals surface area contributed by atoms with Crippen molar-refractivity contribution < 1.29 is 27.5 Å². The van der Waals surface area contributed by atoms with Crippen LogP contribution >= 0.6 is 0 Å². The van der Waals surface area contributed by atoms with Gasteiger partial charge < -0.3 is 15.8 Å². The molecule has 1 fully saturated rings. The van der Waals surface area contributed by atoms with Gasteiger partial charge in [0.1, 0.15) is 23.7 Å². The van der Waals surface area contributed by atoms with E-state index in [9.17, 15) is 22.8 Å². The molecule has 168 valence electrons. The molecule has 1 saturated heterocycles. The highest BCUT2D eigenvalue weighted by Crippen LogP contribution is 2.36. The molecule has 2 atom stereocenters. The minimum absolute atomic E-state index is 0.00935. The Hall–Kier alpha value is -2.53. The third-order valence-electron chi connectivity index (χ3n) is 5.84. The second-order valence-corrected chi connectivity index (χ2v) is 10.2. The van der Waals surface area contributed by atoms with Gasteiger partial charge in [0.2, 0.25) is 0 Å². The molecule has 5 N–H and O–H groups in total. The van der Waals surface area contributed by atoms with E-state index in [1.54, 1.807) is 26.0 Å². The fourth-order valence-corrected chi connectivity index (χ4v) is 6.01. The minimum atomic E-state index is -4.02. The fraction of sp³-hybridized carbons (Fsp3) is 0.381. The third kappa shape index (κ3) is 4.29. The van der Waals surface area contributed by atoms with Crippen LogP contribution in [0.15, 0.2) is 53.4 Å². The van der Waals surface area contributed by atoms with Crippen molar-refractivity contribution in [2.75, 3.05) is 6.54 Å². The van der Waals surface area contributed by atoms with E-state index in [0.29, 0.717) is 12.3 Å². The molecular weight excluding hydrogens is 425 g/mol. The highest BCUT2D eigenvalue weighted by molar-refractivity contribution is 7.92. The van der Waals surface area contributed by atoms with Crippen LogP contribution in [0.2, 0.25) is 0 Å². The van der Waals surface area contributed by atoms with Crippen molar-refractivity contribution in [2.24, 2.45) is 5.73 Å². The molecule has 1 aliphatic heterocycles. The molecule has 0 bridgehead atoms. The standard InChI is InChI=1S/C21H26FN3O5S/c1-20(2)21(23,19(26)25-27)18(11-12-24-20)31(28,29)17-9-7-16(8-10-17)30-13-14-3-5-15(22)6-4-14/h3-10,18,24,27H,11-13,23H2,1-2H3,(H,25,26). The van der Waals surface area contributed by atoms with Gasteiger partial charge in [0.25, 0.3) is 5.91 Å². The first-order valence-electron chi connectivity index (χ1n) is 9.72. The molecule has 8 nitrogen and oxygen atoms in total. The lowest BCUT2D eigenvalue weighted by Gasteiger charge is -2.50. The van der Waals surface area contributed by atoms with Crippen LogP contribution in [0.25, 0.3) is 0 Å². The van der Waals surface area contributed by atoms with Crippen LogP contribution in [0.4, 0.5) is 4.39 Å². The van der Waals surface area contributed by atoms with E-state index in [4.69, 9.17) is 10.5 Å². The molecule has 2 aromatic carbocycles. The smallest absolute Gasteiger partial charge is 0.266 e. The van der Waals surface area contributed by atoms with Crippen LogP contribution < -0.4 is 21.3 Å². The van der Waals surface area contributed by atoms with Gasteiger partial charge in [-0.2, -0.15) is 0 Å². The van der Waals surface area contributed by atoms with Gasteiger partial charge in [0.15, 0.2) is 9.84 Å². The van der Waals surface area contributed by atoms with Crippen molar-refractivity contribution in [3.8, 4) is 5.75 Å². The zero-order valence-electron chi connectivity index (χ0n) is 17.3. The Kier molecular flexibility index (Phi) is 6.38. The molecule has 2 aromatic rings.